The third kappa shape index (κ3) is 5.81. The predicted octanol–water partition coefficient (Wildman–Crippen LogP) is 8.11. The molecule has 0 saturated heterocycles. The minimum absolute atomic E-state index is 0.0823. The summed E-state index contributed by atoms with van der Waals surface area (Å²) >= 11 is 3.17. The smallest absolute Gasteiger partial charge is 0.181 e. The van der Waals surface area contributed by atoms with Crippen LogP contribution < -0.4 is 16.4 Å². The molecule has 2 aromatic carbocycles. The highest BCUT2D eigenvalue weighted by Gasteiger charge is 2.24. The Bertz CT molecular complexity index is 1660. The van der Waals surface area contributed by atoms with Crippen LogP contribution in [0.4, 0.5) is 5.13 Å². The Morgan fingerprint density at radius 2 is 1.93 bits per heavy atom. The van der Waals surface area contributed by atoms with Gasteiger partial charge in [0.15, 0.2) is 5.13 Å². The average Bonchev–Trinajstić information content (AvgIpc) is 3.62. The van der Waals surface area contributed by atoms with Crippen LogP contribution in [-0.2, 0) is 6.54 Å². The molecule has 7 heteroatoms. The quantitative estimate of drug-likeness (QED) is 0.170. The lowest BCUT2D eigenvalue weighted by Crippen LogP contribution is -2.29. The molecular weight excluding hydrogens is 531 g/mol. The Hall–Kier alpha value is -4.33. The van der Waals surface area contributed by atoms with Gasteiger partial charge in [0.05, 0.1) is 21.6 Å². The number of nitrogen functional groups attached to an aromatic ring is 1. The number of thiophene rings is 1. The monoisotopic (exact) mass is 563 g/mol. The average molecular weight is 564 g/mol. The van der Waals surface area contributed by atoms with Crippen molar-refractivity contribution >= 4 is 43.6 Å². The molecule has 0 radical (unpaired) electrons. The highest BCUT2D eigenvalue weighted by Crippen LogP contribution is 2.35. The molecule has 0 fully saturated rings. The molecule has 1 aliphatic rings. The number of fused-ring (bicyclic) bond motifs is 1. The Morgan fingerprint density at radius 3 is 2.67 bits per heavy atom. The van der Waals surface area contributed by atoms with E-state index >= 15 is 0 Å². The van der Waals surface area contributed by atoms with Gasteiger partial charge in [0.25, 0.3) is 0 Å². The van der Waals surface area contributed by atoms with E-state index in [9.17, 15) is 0 Å². The van der Waals surface area contributed by atoms with E-state index in [4.69, 9.17) is 5.73 Å². The van der Waals surface area contributed by atoms with E-state index in [1.165, 1.54) is 16.9 Å². The maximum absolute atomic E-state index is 5.88. The minimum Gasteiger partial charge on any atom is -0.381 e. The first-order valence-corrected chi connectivity index (χ1v) is 14.8. The first kappa shape index (κ1) is 27.2. The topological polar surface area (TPSA) is 66.2 Å². The molecule has 2 aromatic heterocycles. The zero-order valence-electron chi connectivity index (χ0n) is 22.8. The number of nitrogens with zero attached hydrogens (tertiary/aromatic N) is 2. The van der Waals surface area contributed by atoms with Crippen LogP contribution in [0.1, 0.15) is 36.6 Å². The van der Waals surface area contributed by atoms with Crippen molar-refractivity contribution in [2.75, 3.05) is 5.73 Å². The first-order chi connectivity index (χ1) is 19.3. The summed E-state index contributed by atoms with van der Waals surface area (Å²) in [5.41, 5.74) is 15.7. The van der Waals surface area contributed by atoms with E-state index in [1.807, 2.05) is 30.5 Å². The summed E-state index contributed by atoms with van der Waals surface area (Å²) < 4.78 is 1.08. The zero-order valence-corrected chi connectivity index (χ0v) is 24.4. The highest BCUT2D eigenvalue weighted by molar-refractivity contribution is 7.22. The van der Waals surface area contributed by atoms with Crippen molar-refractivity contribution in [3.63, 3.8) is 0 Å². The Labute approximate surface area is 244 Å². The molecule has 5 nitrogen and oxygen atoms in total. The molecule has 40 heavy (non-hydrogen) atoms. The van der Waals surface area contributed by atoms with Gasteiger partial charge in [0.1, 0.15) is 0 Å². The summed E-state index contributed by atoms with van der Waals surface area (Å²) in [6.45, 7) is 18.2. The van der Waals surface area contributed by atoms with Crippen molar-refractivity contribution in [1.82, 2.24) is 20.5 Å². The summed E-state index contributed by atoms with van der Waals surface area (Å²) in [6.07, 6.45) is 6.10. The van der Waals surface area contributed by atoms with Crippen molar-refractivity contribution in [3.05, 3.63) is 148 Å². The molecule has 1 unspecified atom stereocenters. The lowest BCUT2D eigenvalue weighted by atomic mass is 10.0. The van der Waals surface area contributed by atoms with Gasteiger partial charge in [0, 0.05) is 35.8 Å². The number of nitrogens with one attached hydrogen (secondary N) is 2. The van der Waals surface area contributed by atoms with Gasteiger partial charge < -0.3 is 21.3 Å². The summed E-state index contributed by atoms with van der Waals surface area (Å²) in [5.74, 6) is 0. The first-order valence-electron chi connectivity index (χ1n) is 13.0. The van der Waals surface area contributed by atoms with Crippen molar-refractivity contribution in [3.8, 4) is 0 Å². The van der Waals surface area contributed by atoms with Crippen LogP contribution in [-0.4, -0.2) is 9.88 Å². The minimum atomic E-state index is 0.0823. The van der Waals surface area contributed by atoms with E-state index < -0.39 is 0 Å². The van der Waals surface area contributed by atoms with Gasteiger partial charge in [-0.1, -0.05) is 67.5 Å². The molecule has 0 saturated carbocycles. The maximum atomic E-state index is 5.88. The molecule has 0 aliphatic carbocycles. The lowest BCUT2D eigenvalue weighted by Gasteiger charge is -2.34. The molecule has 3 heterocycles. The number of nitrogens with two attached hydrogens (primary N) is 1. The molecule has 5 rings (SSSR count). The predicted molar refractivity (Wildman–Crippen MR) is 172 cm³/mol. The Morgan fingerprint density at radius 1 is 1.12 bits per heavy atom. The third-order valence-electron chi connectivity index (χ3n) is 6.93. The van der Waals surface area contributed by atoms with Gasteiger partial charge in [-0.3, -0.25) is 0 Å². The summed E-state index contributed by atoms with van der Waals surface area (Å²) in [7, 11) is 0. The SMILES string of the molecule is C=C(NCc1ccc2nc(N)sc2c1)C1=CC=CN(/C(C(=C)NC(C)c2ccccc2)=C(\C)c2ccsc2)C1=C. The third-order valence-corrected chi connectivity index (χ3v) is 8.46. The second-order valence-electron chi connectivity index (χ2n) is 9.67. The van der Waals surface area contributed by atoms with E-state index in [0.717, 1.165) is 55.3 Å². The molecule has 1 aliphatic heterocycles. The van der Waals surface area contributed by atoms with Crippen LogP contribution >= 0.6 is 22.7 Å². The molecular formula is C33H33N5S2. The van der Waals surface area contributed by atoms with E-state index in [1.54, 1.807) is 11.3 Å². The van der Waals surface area contributed by atoms with Crippen molar-refractivity contribution < 1.29 is 0 Å². The normalized spacial score (nSPS) is 14.5. The van der Waals surface area contributed by atoms with E-state index in [-0.39, 0.29) is 6.04 Å². The molecule has 1 atom stereocenters. The van der Waals surface area contributed by atoms with Gasteiger partial charge in [-0.2, -0.15) is 11.3 Å². The number of hydrogen-bond donors (Lipinski definition) is 3. The fraction of sp³-hybridized carbons (Fsp3) is 0.121. The van der Waals surface area contributed by atoms with Crippen LogP contribution in [0.2, 0.25) is 0 Å². The van der Waals surface area contributed by atoms with E-state index in [2.05, 4.69) is 107 Å². The molecule has 4 aromatic rings. The van der Waals surface area contributed by atoms with Crippen molar-refractivity contribution in [1.29, 1.82) is 0 Å². The van der Waals surface area contributed by atoms with Gasteiger partial charge in [-0.15, -0.1) is 0 Å². The van der Waals surface area contributed by atoms with Gasteiger partial charge in [-0.05, 0) is 77.2 Å². The molecule has 202 valence electrons. The number of anilines is 1. The number of aromatic nitrogens is 1. The second-order valence-corrected chi connectivity index (χ2v) is 11.5. The van der Waals surface area contributed by atoms with Crippen LogP contribution in [0.25, 0.3) is 15.8 Å². The summed E-state index contributed by atoms with van der Waals surface area (Å²) in [4.78, 5) is 6.45. The van der Waals surface area contributed by atoms with Crippen LogP contribution in [0, 0.1) is 0 Å². The van der Waals surface area contributed by atoms with Crippen LogP contribution in [0.15, 0.2) is 132 Å². The fourth-order valence-electron chi connectivity index (χ4n) is 4.75. The number of rotatable bonds is 10. The van der Waals surface area contributed by atoms with Crippen LogP contribution in [0.3, 0.4) is 0 Å². The maximum Gasteiger partial charge on any atom is 0.181 e. The van der Waals surface area contributed by atoms with Gasteiger partial charge in [0.2, 0.25) is 0 Å². The molecule has 0 bridgehead atoms. The standard InChI is InChI=1S/C33H33N5S2/c1-21(28-15-17-39-20-28)32(24(4)36-22(2)27-10-7-6-8-11-27)38-16-9-12-29(25(38)5)23(3)35-19-26-13-14-30-31(18-26)40-33(34)37-30/h6-18,20,22,35-36H,3-5,19H2,1-2H3,(H2,34,37)/b32-21+. The number of benzene rings is 2. The van der Waals surface area contributed by atoms with Crippen LogP contribution in [0.5, 0.6) is 0 Å². The van der Waals surface area contributed by atoms with Crippen molar-refractivity contribution in [2.45, 2.75) is 26.4 Å². The lowest BCUT2D eigenvalue weighted by molar-refractivity contribution is 0.555. The zero-order chi connectivity index (χ0) is 28.2. The second kappa shape index (κ2) is 11.8. The Balaban J connectivity index is 1.36. The van der Waals surface area contributed by atoms with Gasteiger partial charge >= 0.3 is 0 Å². The van der Waals surface area contributed by atoms with E-state index in [0.29, 0.717) is 11.7 Å². The number of hydrogen-bond acceptors (Lipinski definition) is 7. The van der Waals surface area contributed by atoms with Gasteiger partial charge in [-0.25, -0.2) is 4.98 Å². The number of allylic oxidation sites excluding steroid dienone is 3. The molecule has 4 N–H and O–H groups in total. The highest BCUT2D eigenvalue weighted by atomic mass is 32.1. The molecule has 0 spiro atoms. The largest absolute Gasteiger partial charge is 0.381 e. The molecule has 0 amide bonds. The summed E-state index contributed by atoms with van der Waals surface area (Å²) in [6, 6.07) is 18.8. The van der Waals surface area contributed by atoms with Crippen molar-refractivity contribution in [2.24, 2.45) is 0 Å². The fourth-order valence-corrected chi connectivity index (χ4v) is 6.25. The Kier molecular flexibility index (Phi) is 8.05. The number of thiazole rings is 1. The summed E-state index contributed by atoms with van der Waals surface area (Å²) in [5, 5.41) is 11.9.